The van der Waals surface area contributed by atoms with Gasteiger partial charge in [0.25, 0.3) is 4.84 Å². The van der Waals surface area contributed by atoms with E-state index in [-0.39, 0.29) is 17.6 Å². The van der Waals surface area contributed by atoms with Gasteiger partial charge < -0.3 is 9.15 Å². The third kappa shape index (κ3) is 1.51. The van der Waals surface area contributed by atoms with E-state index in [0.29, 0.717) is 0 Å². The van der Waals surface area contributed by atoms with Gasteiger partial charge in [-0.2, -0.15) is 0 Å². The van der Waals surface area contributed by atoms with Crippen molar-refractivity contribution in [1.29, 1.82) is 0 Å². The highest BCUT2D eigenvalue weighted by atomic mass is 32.1. The molecule has 3 N–H and O–H groups in total. The van der Waals surface area contributed by atoms with E-state index in [9.17, 15) is 0 Å². The fourth-order valence-corrected chi connectivity index (χ4v) is 0.466. The van der Waals surface area contributed by atoms with Gasteiger partial charge in [0, 0.05) is 0 Å². The molecule has 1 rings (SSSR count). The SMILES string of the molecule is NCOc1n[nH]c(=S)o1. The van der Waals surface area contributed by atoms with Crippen LogP contribution in [0.5, 0.6) is 6.08 Å². The molecule has 0 radical (unpaired) electrons. The Kier molecular flexibility index (Phi) is 1.81. The van der Waals surface area contributed by atoms with Crippen molar-refractivity contribution in [3.63, 3.8) is 0 Å². The summed E-state index contributed by atoms with van der Waals surface area (Å²) in [6, 6.07) is 0. The number of nitrogens with zero attached hydrogens (tertiary/aromatic N) is 1. The van der Waals surface area contributed by atoms with Crippen molar-refractivity contribution in [2.45, 2.75) is 0 Å². The monoisotopic (exact) mass is 147 g/mol. The number of hydrogen-bond donors (Lipinski definition) is 2. The summed E-state index contributed by atoms with van der Waals surface area (Å²) in [4.78, 5) is 0.179. The van der Waals surface area contributed by atoms with E-state index in [1.807, 2.05) is 0 Å². The molecule has 0 saturated heterocycles. The van der Waals surface area contributed by atoms with Crippen molar-refractivity contribution in [2.75, 3.05) is 6.73 Å². The number of aromatic amines is 1. The Bertz CT molecular complexity index is 229. The average molecular weight is 147 g/mol. The Labute approximate surface area is 55.8 Å². The molecule has 0 unspecified atom stereocenters. The maximum atomic E-state index is 5.00. The molecule has 1 heterocycles. The van der Waals surface area contributed by atoms with E-state index in [1.165, 1.54) is 0 Å². The zero-order valence-electron chi connectivity index (χ0n) is 4.46. The highest BCUT2D eigenvalue weighted by Crippen LogP contribution is 2.01. The van der Waals surface area contributed by atoms with Crippen LogP contribution in [0.25, 0.3) is 0 Å². The Morgan fingerprint density at radius 1 is 1.89 bits per heavy atom. The zero-order chi connectivity index (χ0) is 6.69. The van der Waals surface area contributed by atoms with E-state index < -0.39 is 0 Å². The van der Waals surface area contributed by atoms with Crippen molar-refractivity contribution in [2.24, 2.45) is 5.73 Å². The van der Waals surface area contributed by atoms with Gasteiger partial charge in [0.2, 0.25) is 0 Å². The number of ether oxygens (including phenoxy) is 1. The average Bonchev–Trinajstić information content (AvgIpc) is 2.17. The van der Waals surface area contributed by atoms with Crippen LogP contribution in [-0.2, 0) is 0 Å². The molecule has 1 aromatic rings. The van der Waals surface area contributed by atoms with Crippen LogP contribution in [0.3, 0.4) is 0 Å². The summed E-state index contributed by atoms with van der Waals surface area (Å²) >= 11 is 4.54. The lowest BCUT2D eigenvalue weighted by Gasteiger charge is -1.89. The number of nitrogens with one attached hydrogen (secondary N) is 1. The maximum Gasteiger partial charge on any atom is 0.414 e. The second-order valence-corrected chi connectivity index (χ2v) is 1.56. The molecular weight excluding hydrogens is 142 g/mol. The molecule has 0 spiro atoms. The molecule has 0 fully saturated rings. The molecule has 0 aromatic carbocycles. The molecule has 5 nitrogen and oxygen atoms in total. The molecule has 0 atom stereocenters. The Hall–Kier alpha value is -0.880. The van der Waals surface area contributed by atoms with Crippen molar-refractivity contribution in [3.05, 3.63) is 4.84 Å². The predicted octanol–water partition coefficient (Wildman–Crippen LogP) is 0.0272. The minimum absolute atomic E-state index is 0.0309. The lowest BCUT2D eigenvalue weighted by Crippen LogP contribution is -2.07. The number of aromatic nitrogens is 2. The first kappa shape index (κ1) is 6.24. The van der Waals surface area contributed by atoms with E-state index in [1.54, 1.807) is 0 Å². The largest absolute Gasteiger partial charge is 0.433 e. The van der Waals surface area contributed by atoms with Crippen LogP contribution in [-0.4, -0.2) is 16.9 Å². The molecule has 50 valence electrons. The molecule has 0 bridgehead atoms. The normalized spacial score (nSPS) is 9.44. The van der Waals surface area contributed by atoms with Crippen molar-refractivity contribution in [1.82, 2.24) is 10.2 Å². The lowest BCUT2D eigenvalue weighted by molar-refractivity contribution is 0.235. The van der Waals surface area contributed by atoms with Gasteiger partial charge in [-0.15, -0.1) is 0 Å². The smallest absolute Gasteiger partial charge is 0.414 e. The van der Waals surface area contributed by atoms with Crippen molar-refractivity contribution in [3.8, 4) is 6.08 Å². The second kappa shape index (κ2) is 2.60. The first-order chi connectivity index (χ1) is 4.33. The quantitative estimate of drug-likeness (QED) is 0.455. The maximum absolute atomic E-state index is 5.00. The second-order valence-electron chi connectivity index (χ2n) is 1.19. The number of H-pyrrole nitrogens is 1. The third-order valence-corrected chi connectivity index (χ3v) is 0.800. The molecule has 0 saturated carbocycles. The van der Waals surface area contributed by atoms with Gasteiger partial charge in [0.05, 0.1) is 0 Å². The standard InChI is InChI=1S/C3H5N3O2S/c4-1-7-2-5-6-3(9)8-2/h1,4H2,(H,6,9). The zero-order valence-corrected chi connectivity index (χ0v) is 5.27. The topological polar surface area (TPSA) is 77.1 Å². The van der Waals surface area contributed by atoms with Crippen LogP contribution < -0.4 is 10.5 Å². The molecule has 0 aliphatic rings. The molecule has 0 amide bonds. The van der Waals surface area contributed by atoms with Crippen LogP contribution in [0.4, 0.5) is 0 Å². The molecule has 9 heavy (non-hydrogen) atoms. The number of hydrogen-bond acceptors (Lipinski definition) is 5. The van der Waals surface area contributed by atoms with Gasteiger partial charge in [-0.05, 0) is 12.2 Å². The van der Waals surface area contributed by atoms with E-state index in [0.717, 1.165) is 0 Å². The lowest BCUT2D eigenvalue weighted by atomic mass is 11.2. The summed E-state index contributed by atoms with van der Waals surface area (Å²) in [7, 11) is 0. The number of nitrogens with two attached hydrogens (primary N) is 1. The van der Waals surface area contributed by atoms with Crippen molar-refractivity contribution < 1.29 is 9.15 Å². The summed E-state index contributed by atoms with van der Waals surface area (Å²) in [5, 5.41) is 5.88. The highest BCUT2D eigenvalue weighted by molar-refractivity contribution is 7.71. The van der Waals surface area contributed by atoms with Crippen LogP contribution in [0, 0.1) is 4.84 Å². The Morgan fingerprint density at radius 3 is 3.11 bits per heavy atom. The molecule has 0 aliphatic carbocycles. The number of rotatable bonds is 2. The summed E-state index contributed by atoms with van der Waals surface area (Å²) in [6.45, 7) is 0.0309. The summed E-state index contributed by atoms with van der Waals surface area (Å²) in [6.07, 6.45) is 0.0718. The first-order valence-corrected chi connectivity index (χ1v) is 2.62. The van der Waals surface area contributed by atoms with Gasteiger partial charge in [-0.3, -0.25) is 5.73 Å². The predicted molar refractivity (Wildman–Crippen MR) is 31.4 cm³/mol. The van der Waals surface area contributed by atoms with E-state index >= 15 is 0 Å². The fourth-order valence-electron chi connectivity index (χ4n) is 0.349. The van der Waals surface area contributed by atoms with Gasteiger partial charge in [-0.25, -0.2) is 5.10 Å². The molecular formula is C3H5N3O2S. The minimum atomic E-state index is 0.0309. The Balaban J connectivity index is 2.73. The first-order valence-electron chi connectivity index (χ1n) is 2.21. The minimum Gasteiger partial charge on any atom is -0.433 e. The summed E-state index contributed by atoms with van der Waals surface area (Å²) in [5.41, 5.74) is 5.00. The van der Waals surface area contributed by atoms with E-state index in [2.05, 4.69) is 31.6 Å². The van der Waals surface area contributed by atoms with Crippen LogP contribution in [0.2, 0.25) is 0 Å². The Morgan fingerprint density at radius 2 is 2.67 bits per heavy atom. The van der Waals surface area contributed by atoms with E-state index in [4.69, 9.17) is 5.73 Å². The molecule has 0 aliphatic heterocycles. The van der Waals surface area contributed by atoms with Gasteiger partial charge >= 0.3 is 6.08 Å². The van der Waals surface area contributed by atoms with Crippen LogP contribution in [0.15, 0.2) is 4.42 Å². The third-order valence-electron chi connectivity index (χ3n) is 0.625. The van der Waals surface area contributed by atoms with Crippen molar-refractivity contribution >= 4 is 12.2 Å². The highest BCUT2D eigenvalue weighted by Gasteiger charge is 1.95. The van der Waals surface area contributed by atoms with Gasteiger partial charge in [0.15, 0.2) is 0 Å². The fraction of sp³-hybridized carbons (Fsp3) is 0.333. The van der Waals surface area contributed by atoms with Gasteiger partial charge in [0.1, 0.15) is 6.73 Å². The van der Waals surface area contributed by atoms with Crippen LogP contribution in [0.1, 0.15) is 0 Å². The molecule has 1 aromatic heterocycles. The van der Waals surface area contributed by atoms with Gasteiger partial charge in [-0.1, -0.05) is 5.10 Å². The molecule has 6 heteroatoms. The summed E-state index contributed by atoms with van der Waals surface area (Å²) < 4.78 is 9.30. The van der Waals surface area contributed by atoms with Crippen LogP contribution >= 0.6 is 12.2 Å². The summed E-state index contributed by atoms with van der Waals surface area (Å²) in [5.74, 6) is 0.